The summed E-state index contributed by atoms with van der Waals surface area (Å²) < 4.78 is 31.2. The number of H-pyrrole nitrogens is 1. The molecule has 0 aliphatic carbocycles. The molecule has 0 spiro atoms. The molecule has 0 radical (unpaired) electrons. The van der Waals surface area contributed by atoms with Crippen molar-refractivity contribution >= 4 is 49.3 Å². The summed E-state index contributed by atoms with van der Waals surface area (Å²) in [6.45, 7) is 6.21. The smallest absolute Gasteiger partial charge is 0.227 e. The minimum absolute atomic E-state index is 0.00553. The Bertz CT molecular complexity index is 1700. The summed E-state index contributed by atoms with van der Waals surface area (Å²) in [5.74, 6) is 0.0922. The molecule has 39 heavy (non-hydrogen) atoms. The maximum Gasteiger partial charge on any atom is 0.227 e. The Hall–Kier alpha value is -3.92. The zero-order valence-corrected chi connectivity index (χ0v) is 23.3. The summed E-state index contributed by atoms with van der Waals surface area (Å²) in [5, 5.41) is 4.77. The van der Waals surface area contributed by atoms with E-state index in [0.29, 0.717) is 54.1 Å². The largest absolute Gasteiger partial charge is 0.492 e. The van der Waals surface area contributed by atoms with Crippen molar-refractivity contribution in [3.63, 3.8) is 0 Å². The van der Waals surface area contributed by atoms with Crippen LogP contribution >= 0.6 is 0 Å². The molecule has 1 fully saturated rings. The maximum absolute atomic E-state index is 13.4. The fraction of sp³-hybridized carbons (Fsp3) is 0.345. The van der Waals surface area contributed by atoms with Crippen molar-refractivity contribution in [3.05, 3.63) is 48.2 Å². The number of nitrogens with zero attached hydrogens (tertiary/aromatic N) is 2. The zero-order valence-electron chi connectivity index (χ0n) is 22.5. The quantitative estimate of drug-likeness (QED) is 0.361. The standard InChI is InChI=1S/C29H32N4O5S/c1-5-39(36,37)21-8-6-7-20(14-21)22-15-24(31-29(35)19-9-11-33(12-10-19)18(3)34)27(38-4)26-25(22)23-13-17(2)16-30-28(23)32-26/h6-8,13-16,19H,5,9-12H2,1-4H3,(H,30,32)(H,31,35). The van der Waals surface area contributed by atoms with Crippen LogP contribution in [0.2, 0.25) is 0 Å². The number of sulfone groups is 1. The molecule has 2 aromatic carbocycles. The van der Waals surface area contributed by atoms with Gasteiger partial charge in [0.1, 0.15) is 5.65 Å². The van der Waals surface area contributed by atoms with Crippen LogP contribution in [0.3, 0.4) is 0 Å². The lowest BCUT2D eigenvalue weighted by atomic mass is 9.95. The van der Waals surface area contributed by atoms with Crippen LogP contribution < -0.4 is 10.1 Å². The molecule has 0 atom stereocenters. The number of anilines is 1. The number of likely N-dealkylation sites (tertiary alicyclic amines) is 1. The molecule has 1 aliphatic heterocycles. The number of carbonyl (C=O) groups excluding carboxylic acids is 2. The third kappa shape index (κ3) is 4.96. The minimum atomic E-state index is -3.43. The van der Waals surface area contributed by atoms with Crippen LogP contribution in [0.5, 0.6) is 5.75 Å². The van der Waals surface area contributed by atoms with Crippen LogP contribution in [0.25, 0.3) is 33.1 Å². The number of fused-ring (bicyclic) bond motifs is 3. The lowest BCUT2D eigenvalue weighted by Gasteiger charge is -2.30. The Labute approximate surface area is 227 Å². The number of pyridine rings is 1. The first-order valence-corrected chi connectivity index (χ1v) is 14.7. The molecule has 5 rings (SSSR count). The van der Waals surface area contributed by atoms with Gasteiger partial charge < -0.3 is 19.9 Å². The van der Waals surface area contributed by atoms with Gasteiger partial charge in [0.2, 0.25) is 11.8 Å². The summed E-state index contributed by atoms with van der Waals surface area (Å²) in [6, 6.07) is 10.7. The average Bonchev–Trinajstić information content (AvgIpc) is 3.31. The van der Waals surface area contributed by atoms with Gasteiger partial charge in [0.15, 0.2) is 15.6 Å². The number of piperidine rings is 1. The predicted octanol–water partition coefficient (Wildman–Crippen LogP) is 4.69. The first-order valence-electron chi connectivity index (χ1n) is 13.0. The van der Waals surface area contributed by atoms with Gasteiger partial charge in [-0.1, -0.05) is 19.1 Å². The number of nitrogens with one attached hydrogen (secondary N) is 2. The highest BCUT2D eigenvalue weighted by atomic mass is 32.2. The fourth-order valence-corrected chi connectivity index (χ4v) is 6.22. The van der Waals surface area contributed by atoms with E-state index in [1.165, 1.54) is 0 Å². The van der Waals surface area contributed by atoms with Gasteiger partial charge in [-0.2, -0.15) is 0 Å². The Morgan fingerprint density at radius 2 is 1.92 bits per heavy atom. The Kier molecular flexibility index (Phi) is 7.07. The molecule has 3 heterocycles. The van der Waals surface area contributed by atoms with E-state index >= 15 is 0 Å². The summed E-state index contributed by atoms with van der Waals surface area (Å²) in [5.41, 5.74) is 4.22. The number of aromatic amines is 1. The number of methoxy groups -OCH3 is 1. The van der Waals surface area contributed by atoms with Gasteiger partial charge in [-0.05, 0) is 60.7 Å². The van der Waals surface area contributed by atoms with Crippen LogP contribution in [-0.4, -0.2) is 61.1 Å². The molecular formula is C29H32N4O5S. The van der Waals surface area contributed by atoms with Crippen LogP contribution in [0.15, 0.2) is 47.5 Å². The number of rotatable bonds is 6. The number of benzene rings is 2. The highest BCUT2D eigenvalue weighted by Gasteiger charge is 2.28. The first-order chi connectivity index (χ1) is 18.6. The molecule has 2 N–H and O–H groups in total. The van der Waals surface area contributed by atoms with E-state index in [9.17, 15) is 18.0 Å². The van der Waals surface area contributed by atoms with Crippen molar-refractivity contribution < 1.29 is 22.7 Å². The lowest BCUT2D eigenvalue weighted by Crippen LogP contribution is -2.40. The molecule has 4 aromatic rings. The first kappa shape index (κ1) is 26.7. The van der Waals surface area contributed by atoms with Crippen molar-refractivity contribution in [3.8, 4) is 16.9 Å². The molecule has 2 aromatic heterocycles. The second-order valence-corrected chi connectivity index (χ2v) is 12.3. The van der Waals surface area contributed by atoms with Crippen LogP contribution in [0.4, 0.5) is 5.69 Å². The molecule has 10 heteroatoms. The Morgan fingerprint density at radius 1 is 1.18 bits per heavy atom. The molecule has 0 bridgehead atoms. The minimum Gasteiger partial charge on any atom is -0.492 e. The van der Waals surface area contributed by atoms with Gasteiger partial charge in [0.05, 0.1) is 29.0 Å². The summed E-state index contributed by atoms with van der Waals surface area (Å²) in [4.78, 5) is 35.0. The van der Waals surface area contributed by atoms with Crippen molar-refractivity contribution in [2.45, 2.75) is 38.5 Å². The topological polar surface area (TPSA) is 121 Å². The second kappa shape index (κ2) is 10.3. The normalized spacial score (nSPS) is 14.6. The predicted molar refractivity (Wildman–Crippen MR) is 152 cm³/mol. The summed E-state index contributed by atoms with van der Waals surface area (Å²) in [6.07, 6.45) is 2.93. The van der Waals surface area contributed by atoms with Crippen LogP contribution in [0, 0.1) is 12.8 Å². The van der Waals surface area contributed by atoms with Crippen molar-refractivity contribution in [2.75, 3.05) is 31.3 Å². The molecular weight excluding hydrogens is 516 g/mol. The van der Waals surface area contributed by atoms with Crippen molar-refractivity contribution in [2.24, 2.45) is 5.92 Å². The van der Waals surface area contributed by atoms with E-state index in [1.807, 2.05) is 25.1 Å². The second-order valence-electron chi connectivity index (χ2n) is 9.99. The van der Waals surface area contributed by atoms with E-state index in [4.69, 9.17) is 4.74 Å². The molecule has 0 unspecified atom stereocenters. The number of hydrogen-bond acceptors (Lipinski definition) is 6. The number of carbonyl (C=O) groups is 2. The number of amides is 2. The number of aromatic nitrogens is 2. The summed E-state index contributed by atoms with van der Waals surface area (Å²) in [7, 11) is -1.88. The molecule has 0 saturated carbocycles. The molecule has 2 amide bonds. The van der Waals surface area contributed by atoms with Gasteiger partial charge in [0, 0.05) is 42.9 Å². The highest BCUT2D eigenvalue weighted by molar-refractivity contribution is 7.91. The number of aryl methyl sites for hydroxylation is 1. The number of ether oxygens (including phenoxy) is 1. The SMILES string of the molecule is CCS(=O)(=O)c1cccc(-c2cc(NC(=O)C3CCN(C(C)=O)CC3)c(OC)c3[nH]c4ncc(C)cc4c23)c1. The van der Waals surface area contributed by atoms with Gasteiger partial charge in [0.25, 0.3) is 0 Å². The van der Waals surface area contributed by atoms with Crippen LogP contribution in [0.1, 0.15) is 32.3 Å². The van der Waals surface area contributed by atoms with E-state index < -0.39 is 9.84 Å². The third-order valence-corrected chi connectivity index (χ3v) is 9.21. The molecule has 1 saturated heterocycles. The fourth-order valence-electron chi connectivity index (χ4n) is 5.29. The van der Waals surface area contributed by atoms with Crippen LogP contribution in [-0.2, 0) is 19.4 Å². The Balaban J connectivity index is 1.66. The van der Waals surface area contributed by atoms with E-state index in [1.54, 1.807) is 50.3 Å². The Morgan fingerprint density at radius 3 is 2.59 bits per heavy atom. The zero-order chi connectivity index (χ0) is 27.9. The highest BCUT2D eigenvalue weighted by Crippen LogP contribution is 2.44. The molecule has 1 aliphatic rings. The van der Waals surface area contributed by atoms with Gasteiger partial charge in [-0.15, -0.1) is 0 Å². The average molecular weight is 549 g/mol. The van der Waals surface area contributed by atoms with Gasteiger partial charge in [-0.3, -0.25) is 9.59 Å². The number of hydrogen-bond donors (Lipinski definition) is 2. The van der Waals surface area contributed by atoms with E-state index in [2.05, 4.69) is 15.3 Å². The van der Waals surface area contributed by atoms with E-state index in [-0.39, 0.29) is 28.4 Å². The molecule has 9 nitrogen and oxygen atoms in total. The monoisotopic (exact) mass is 548 g/mol. The third-order valence-electron chi connectivity index (χ3n) is 7.47. The van der Waals surface area contributed by atoms with Crippen molar-refractivity contribution in [1.29, 1.82) is 0 Å². The van der Waals surface area contributed by atoms with E-state index in [0.717, 1.165) is 21.9 Å². The van der Waals surface area contributed by atoms with Gasteiger partial charge >= 0.3 is 0 Å². The van der Waals surface area contributed by atoms with Crippen molar-refractivity contribution in [1.82, 2.24) is 14.9 Å². The maximum atomic E-state index is 13.4. The lowest BCUT2D eigenvalue weighted by molar-refractivity contribution is -0.132. The van der Waals surface area contributed by atoms with Gasteiger partial charge in [-0.25, -0.2) is 13.4 Å². The summed E-state index contributed by atoms with van der Waals surface area (Å²) >= 11 is 0. The molecule has 204 valence electrons.